The van der Waals surface area contributed by atoms with Gasteiger partial charge in [-0.1, -0.05) is 0 Å². The molecule has 2 aliphatic rings. The van der Waals surface area contributed by atoms with Crippen LogP contribution in [0.25, 0.3) is 0 Å². The lowest BCUT2D eigenvalue weighted by Crippen LogP contribution is -2.25. The van der Waals surface area contributed by atoms with Gasteiger partial charge in [0.05, 0.1) is 0 Å². The molecule has 2 atom stereocenters. The van der Waals surface area contributed by atoms with E-state index in [0.29, 0.717) is 0 Å². The van der Waals surface area contributed by atoms with Crippen molar-refractivity contribution in [3.63, 3.8) is 0 Å². The summed E-state index contributed by atoms with van der Waals surface area (Å²) in [6, 6.07) is 0. The molecule has 2 aliphatic heterocycles. The number of hydrogen-bond acceptors (Lipinski definition) is 2. The number of amides is 1. The van der Waals surface area contributed by atoms with Crippen molar-refractivity contribution in [2.75, 3.05) is 26.2 Å². The first-order chi connectivity index (χ1) is 7.25. The second kappa shape index (κ2) is 4.97. The molecule has 0 saturated carbocycles. The molecular formula is C12H22N2O. The fourth-order valence-electron chi connectivity index (χ4n) is 2.79. The Balaban J connectivity index is 1.66. The lowest BCUT2D eigenvalue weighted by molar-refractivity contribution is -0.127. The summed E-state index contributed by atoms with van der Waals surface area (Å²) in [5.41, 5.74) is 0. The van der Waals surface area contributed by atoms with Crippen molar-refractivity contribution in [1.82, 2.24) is 10.2 Å². The first kappa shape index (κ1) is 10.9. The zero-order valence-corrected chi connectivity index (χ0v) is 9.67. The highest BCUT2D eigenvalue weighted by Crippen LogP contribution is 2.24. The van der Waals surface area contributed by atoms with Gasteiger partial charge < -0.3 is 10.2 Å². The molecule has 2 rings (SSSR count). The zero-order chi connectivity index (χ0) is 10.7. The highest BCUT2D eigenvalue weighted by atomic mass is 16.2. The molecule has 86 valence electrons. The molecule has 1 amide bonds. The standard InChI is InChI=1S/C12H22N2O/c1-10(15)14-7-5-12(9-14)3-2-11-4-6-13-8-11/h11-13H,2-9H2,1H3. The van der Waals surface area contributed by atoms with Crippen LogP contribution < -0.4 is 5.32 Å². The van der Waals surface area contributed by atoms with E-state index in [2.05, 4.69) is 5.32 Å². The SMILES string of the molecule is CC(=O)N1CCC(CCC2CCNC2)C1. The maximum absolute atomic E-state index is 11.2. The molecule has 0 aromatic carbocycles. The zero-order valence-electron chi connectivity index (χ0n) is 9.67. The quantitative estimate of drug-likeness (QED) is 0.760. The molecule has 1 N–H and O–H groups in total. The number of rotatable bonds is 3. The van der Waals surface area contributed by atoms with Gasteiger partial charge in [0.2, 0.25) is 5.91 Å². The Kier molecular flexibility index (Phi) is 3.62. The monoisotopic (exact) mass is 210 g/mol. The molecule has 0 aromatic rings. The summed E-state index contributed by atoms with van der Waals surface area (Å²) in [5.74, 6) is 1.92. The van der Waals surface area contributed by atoms with Crippen LogP contribution in [0.3, 0.4) is 0 Å². The summed E-state index contributed by atoms with van der Waals surface area (Å²) >= 11 is 0. The molecular weight excluding hydrogens is 188 g/mol. The molecule has 0 aliphatic carbocycles. The molecule has 3 nitrogen and oxygen atoms in total. The van der Waals surface area contributed by atoms with E-state index in [-0.39, 0.29) is 5.91 Å². The molecule has 2 saturated heterocycles. The predicted octanol–water partition coefficient (Wildman–Crippen LogP) is 1.24. The summed E-state index contributed by atoms with van der Waals surface area (Å²) in [7, 11) is 0. The van der Waals surface area contributed by atoms with Crippen LogP contribution in [0.2, 0.25) is 0 Å². The van der Waals surface area contributed by atoms with Crippen LogP contribution in [0.5, 0.6) is 0 Å². The maximum atomic E-state index is 11.2. The highest BCUT2D eigenvalue weighted by molar-refractivity contribution is 5.73. The lowest BCUT2D eigenvalue weighted by atomic mass is 9.95. The van der Waals surface area contributed by atoms with Crippen LogP contribution in [0, 0.1) is 11.8 Å². The normalized spacial score (nSPS) is 31.1. The van der Waals surface area contributed by atoms with E-state index >= 15 is 0 Å². The van der Waals surface area contributed by atoms with Gasteiger partial charge in [-0.15, -0.1) is 0 Å². The molecule has 2 fully saturated rings. The van der Waals surface area contributed by atoms with Gasteiger partial charge in [-0.2, -0.15) is 0 Å². The average molecular weight is 210 g/mol. The van der Waals surface area contributed by atoms with Crippen molar-refractivity contribution in [1.29, 1.82) is 0 Å². The lowest BCUT2D eigenvalue weighted by Gasteiger charge is -2.15. The molecule has 3 heteroatoms. The molecule has 15 heavy (non-hydrogen) atoms. The van der Waals surface area contributed by atoms with Crippen molar-refractivity contribution >= 4 is 5.91 Å². The van der Waals surface area contributed by atoms with E-state index in [1.807, 2.05) is 4.90 Å². The highest BCUT2D eigenvalue weighted by Gasteiger charge is 2.25. The Labute approximate surface area is 92.2 Å². The Morgan fingerprint density at radius 3 is 2.73 bits per heavy atom. The third-order valence-electron chi connectivity index (χ3n) is 3.88. The van der Waals surface area contributed by atoms with E-state index < -0.39 is 0 Å². The van der Waals surface area contributed by atoms with Gasteiger partial charge in [0.1, 0.15) is 0 Å². The molecule has 0 aromatic heterocycles. The van der Waals surface area contributed by atoms with Crippen LogP contribution in [0.1, 0.15) is 32.6 Å². The van der Waals surface area contributed by atoms with Crippen LogP contribution in [-0.2, 0) is 4.79 Å². The van der Waals surface area contributed by atoms with Crippen molar-refractivity contribution < 1.29 is 4.79 Å². The van der Waals surface area contributed by atoms with Crippen molar-refractivity contribution in [3.05, 3.63) is 0 Å². The number of carbonyl (C=O) groups excluding carboxylic acids is 1. The average Bonchev–Trinajstić information content (AvgIpc) is 2.86. The van der Waals surface area contributed by atoms with E-state index in [1.54, 1.807) is 6.92 Å². The Hall–Kier alpha value is -0.570. The predicted molar refractivity (Wildman–Crippen MR) is 60.6 cm³/mol. The first-order valence-electron chi connectivity index (χ1n) is 6.22. The maximum Gasteiger partial charge on any atom is 0.219 e. The third-order valence-corrected chi connectivity index (χ3v) is 3.88. The van der Waals surface area contributed by atoms with Gasteiger partial charge in [-0.25, -0.2) is 0 Å². The Bertz CT molecular complexity index is 224. The van der Waals surface area contributed by atoms with E-state index in [1.165, 1.54) is 38.8 Å². The number of nitrogens with zero attached hydrogens (tertiary/aromatic N) is 1. The summed E-state index contributed by atoms with van der Waals surface area (Å²) in [5, 5.41) is 3.41. The van der Waals surface area contributed by atoms with Crippen molar-refractivity contribution in [2.24, 2.45) is 11.8 Å². The van der Waals surface area contributed by atoms with Crippen LogP contribution in [-0.4, -0.2) is 37.0 Å². The van der Waals surface area contributed by atoms with Crippen molar-refractivity contribution in [2.45, 2.75) is 32.6 Å². The smallest absolute Gasteiger partial charge is 0.219 e. The van der Waals surface area contributed by atoms with Crippen LogP contribution in [0.4, 0.5) is 0 Å². The number of likely N-dealkylation sites (tertiary alicyclic amines) is 1. The van der Waals surface area contributed by atoms with Gasteiger partial charge >= 0.3 is 0 Å². The Morgan fingerprint density at radius 1 is 1.33 bits per heavy atom. The summed E-state index contributed by atoms with van der Waals surface area (Å²) in [4.78, 5) is 13.2. The second-order valence-electron chi connectivity index (χ2n) is 5.06. The van der Waals surface area contributed by atoms with E-state index in [4.69, 9.17) is 0 Å². The second-order valence-corrected chi connectivity index (χ2v) is 5.06. The van der Waals surface area contributed by atoms with Gasteiger partial charge in [0.25, 0.3) is 0 Å². The van der Waals surface area contributed by atoms with Crippen LogP contribution in [0.15, 0.2) is 0 Å². The van der Waals surface area contributed by atoms with E-state index in [9.17, 15) is 4.79 Å². The van der Waals surface area contributed by atoms with Gasteiger partial charge in [-0.05, 0) is 50.6 Å². The van der Waals surface area contributed by atoms with Gasteiger partial charge in [-0.3, -0.25) is 4.79 Å². The minimum atomic E-state index is 0.250. The topological polar surface area (TPSA) is 32.3 Å². The van der Waals surface area contributed by atoms with Crippen LogP contribution >= 0.6 is 0 Å². The number of hydrogen-bond donors (Lipinski definition) is 1. The summed E-state index contributed by atoms with van der Waals surface area (Å²) in [6.45, 7) is 6.10. The van der Waals surface area contributed by atoms with E-state index in [0.717, 1.165) is 24.9 Å². The minimum Gasteiger partial charge on any atom is -0.343 e. The number of carbonyl (C=O) groups is 1. The van der Waals surface area contributed by atoms with Gasteiger partial charge in [0, 0.05) is 20.0 Å². The minimum absolute atomic E-state index is 0.250. The Morgan fingerprint density at radius 2 is 2.13 bits per heavy atom. The first-order valence-corrected chi connectivity index (χ1v) is 6.22. The largest absolute Gasteiger partial charge is 0.343 e. The molecule has 0 radical (unpaired) electrons. The third kappa shape index (κ3) is 2.94. The molecule has 2 unspecified atom stereocenters. The summed E-state index contributed by atoms with van der Waals surface area (Å²) in [6.07, 6.45) is 5.24. The number of nitrogens with one attached hydrogen (secondary N) is 1. The van der Waals surface area contributed by atoms with Crippen molar-refractivity contribution in [3.8, 4) is 0 Å². The fourth-order valence-corrected chi connectivity index (χ4v) is 2.79. The fraction of sp³-hybridized carbons (Fsp3) is 0.917. The molecule has 0 spiro atoms. The van der Waals surface area contributed by atoms with Gasteiger partial charge in [0.15, 0.2) is 0 Å². The molecule has 2 heterocycles. The summed E-state index contributed by atoms with van der Waals surface area (Å²) < 4.78 is 0. The molecule has 0 bridgehead atoms.